The highest BCUT2D eigenvalue weighted by atomic mass is 16.5. The molecule has 182 valence electrons. The highest BCUT2D eigenvalue weighted by Crippen LogP contribution is 2.18. The molecule has 0 aromatic heterocycles. The second kappa shape index (κ2) is 11.3. The van der Waals surface area contributed by atoms with E-state index in [1.165, 1.54) is 19.3 Å². The van der Waals surface area contributed by atoms with Gasteiger partial charge in [-0.3, -0.25) is 10.0 Å². The van der Waals surface area contributed by atoms with Crippen molar-refractivity contribution in [3.63, 3.8) is 0 Å². The fourth-order valence-electron chi connectivity index (χ4n) is 3.54. The summed E-state index contributed by atoms with van der Waals surface area (Å²) in [5, 5.41) is 21.5. The Balaban J connectivity index is 1.53. The minimum absolute atomic E-state index is 0.438. The van der Waals surface area contributed by atoms with Crippen LogP contribution in [0, 0.1) is 23.7 Å². The highest BCUT2D eigenvalue weighted by molar-refractivity contribution is 5.87. The molecule has 9 heteroatoms. The van der Waals surface area contributed by atoms with Crippen LogP contribution in [0.1, 0.15) is 25.0 Å². The first-order chi connectivity index (χ1) is 16.7. The van der Waals surface area contributed by atoms with E-state index in [1.54, 1.807) is 17.0 Å². The van der Waals surface area contributed by atoms with Crippen LogP contribution >= 0.6 is 0 Å². The molecule has 6 N–H and O–H groups in total. The molecule has 0 radical (unpaired) electrons. The lowest BCUT2D eigenvalue weighted by atomic mass is 9.98. The zero-order valence-electron chi connectivity index (χ0n) is 19.7. The van der Waals surface area contributed by atoms with Crippen LogP contribution in [-0.2, 0) is 4.79 Å². The molecular weight excluding hydrogens is 446 g/mol. The maximum absolute atomic E-state index is 12.6. The van der Waals surface area contributed by atoms with Crippen LogP contribution in [-0.4, -0.2) is 65.0 Å². The Morgan fingerprint density at radius 1 is 0.943 bits per heavy atom. The number of hydrogen-bond acceptors (Lipinski definition) is 6. The van der Waals surface area contributed by atoms with Crippen molar-refractivity contribution in [2.24, 2.45) is 0 Å². The smallest absolute Gasteiger partial charge is 0.318 e. The number of nitrogens with two attached hydrogens (primary N) is 1. The molecule has 0 bridgehead atoms. The monoisotopic (exact) mass is 475 g/mol. The number of aliphatic hydroxyl groups is 1. The van der Waals surface area contributed by atoms with Crippen molar-refractivity contribution in [2.75, 3.05) is 36.8 Å². The summed E-state index contributed by atoms with van der Waals surface area (Å²) in [5.74, 6) is 10.8. The van der Waals surface area contributed by atoms with Crippen LogP contribution in [0.5, 0.6) is 0 Å². The Hall–Kier alpha value is -4.18. The number of carbonyl (C=O) groups is 2. The lowest BCUT2D eigenvalue weighted by molar-refractivity contribution is -0.136. The Bertz CT molecular complexity index is 1160. The number of nitrogen functional groups attached to an aromatic ring is 1. The number of amides is 3. The Kier molecular flexibility index (Phi) is 8.21. The summed E-state index contributed by atoms with van der Waals surface area (Å²) in [6.45, 7) is 4.84. The third-order valence-electron chi connectivity index (χ3n) is 5.53. The van der Waals surface area contributed by atoms with E-state index in [4.69, 9.17) is 10.9 Å². The van der Waals surface area contributed by atoms with Crippen LogP contribution in [0.25, 0.3) is 0 Å². The van der Waals surface area contributed by atoms with Gasteiger partial charge in [0.2, 0.25) is 0 Å². The van der Waals surface area contributed by atoms with Crippen molar-refractivity contribution in [1.82, 2.24) is 15.7 Å². The maximum Gasteiger partial charge on any atom is 0.318 e. The van der Waals surface area contributed by atoms with Gasteiger partial charge in [0.15, 0.2) is 0 Å². The van der Waals surface area contributed by atoms with Crippen LogP contribution < -0.4 is 21.4 Å². The zero-order valence-corrected chi connectivity index (χ0v) is 19.7. The number of urea groups is 1. The van der Waals surface area contributed by atoms with Gasteiger partial charge in [0.25, 0.3) is 5.91 Å². The van der Waals surface area contributed by atoms with Gasteiger partial charge >= 0.3 is 6.03 Å². The Labute approximate surface area is 204 Å². The molecule has 0 aliphatic carbocycles. The first-order valence-electron chi connectivity index (χ1n) is 11.1. The summed E-state index contributed by atoms with van der Waals surface area (Å²) in [4.78, 5) is 28.1. The summed E-state index contributed by atoms with van der Waals surface area (Å²) in [6, 6.07) is 13.3. The highest BCUT2D eigenvalue weighted by Gasteiger charge is 2.36. The second-order valence-corrected chi connectivity index (χ2v) is 8.66. The van der Waals surface area contributed by atoms with E-state index in [9.17, 15) is 14.7 Å². The van der Waals surface area contributed by atoms with E-state index < -0.39 is 23.6 Å². The molecule has 9 nitrogen and oxygen atoms in total. The van der Waals surface area contributed by atoms with Crippen molar-refractivity contribution in [3.05, 3.63) is 59.7 Å². The molecule has 1 fully saturated rings. The number of nitrogens with zero attached hydrogens (tertiary/aromatic N) is 2. The molecule has 1 heterocycles. The van der Waals surface area contributed by atoms with Gasteiger partial charge in [-0.15, -0.1) is 0 Å². The molecule has 0 spiro atoms. The number of carbonyl (C=O) groups excluding carboxylic acids is 2. The zero-order chi connectivity index (χ0) is 25.4. The molecule has 1 atom stereocenters. The fourth-order valence-corrected chi connectivity index (χ4v) is 3.54. The number of rotatable bonds is 4. The quantitative estimate of drug-likeness (QED) is 0.195. The van der Waals surface area contributed by atoms with Crippen molar-refractivity contribution >= 4 is 23.3 Å². The van der Waals surface area contributed by atoms with Gasteiger partial charge in [-0.1, -0.05) is 11.8 Å². The van der Waals surface area contributed by atoms with Gasteiger partial charge in [-0.2, -0.15) is 0 Å². The van der Waals surface area contributed by atoms with E-state index in [-0.39, 0.29) is 0 Å². The second-order valence-electron chi connectivity index (χ2n) is 8.66. The minimum atomic E-state index is -1.55. The van der Waals surface area contributed by atoms with E-state index >= 15 is 0 Å². The van der Waals surface area contributed by atoms with Crippen LogP contribution in [0.3, 0.4) is 0 Å². The molecule has 1 aliphatic heterocycles. The summed E-state index contributed by atoms with van der Waals surface area (Å²) in [5.41, 5.74) is 8.99. The number of piperazine rings is 1. The number of anilines is 2. The fraction of sp³-hybridized carbons (Fsp3) is 0.308. The van der Waals surface area contributed by atoms with Crippen LogP contribution in [0.4, 0.5) is 16.2 Å². The van der Waals surface area contributed by atoms with Gasteiger partial charge < -0.3 is 26.0 Å². The van der Waals surface area contributed by atoms with E-state index in [0.29, 0.717) is 31.9 Å². The Morgan fingerprint density at radius 3 is 1.94 bits per heavy atom. The summed E-state index contributed by atoms with van der Waals surface area (Å²) < 4.78 is 0. The average Bonchev–Trinajstić information content (AvgIpc) is 2.85. The predicted octanol–water partition coefficient (Wildman–Crippen LogP) is 1.15. The number of hydroxylamine groups is 1. The third-order valence-corrected chi connectivity index (χ3v) is 5.53. The SMILES string of the molecule is CC(C)(O)[C@H](NC(=O)N1CCN(c2ccc(C#CC#Cc3ccc(N)cc3)cc2)CC1)C(=O)NO. The van der Waals surface area contributed by atoms with Gasteiger partial charge in [0.1, 0.15) is 6.04 Å². The summed E-state index contributed by atoms with van der Waals surface area (Å²) >= 11 is 0. The molecule has 0 unspecified atom stereocenters. The normalized spacial score (nSPS) is 14.1. The molecule has 3 rings (SSSR count). The van der Waals surface area contributed by atoms with Crippen molar-refractivity contribution in [1.29, 1.82) is 0 Å². The van der Waals surface area contributed by atoms with Crippen molar-refractivity contribution in [2.45, 2.75) is 25.5 Å². The average molecular weight is 476 g/mol. The predicted molar refractivity (Wildman–Crippen MR) is 133 cm³/mol. The Morgan fingerprint density at radius 2 is 1.46 bits per heavy atom. The third kappa shape index (κ3) is 7.15. The first-order valence-corrected chi connectivity index (χ1v) is 11.1. The van der Waals surface area contributed by atoms with Gasteiger partial charge in [-0.25, -0.2) is 10.3 Å². The molecule has 2 aromatic rings. The van der Waals surface area contributed by atoms with Crippen molar-refractivity contribution in [3.8, 4) is 23.7 Å². The van der Waals surface area contributed by atoms with Crippen molar-refractivity contribution < 1.29 is 19.9 Å². The van der Waals surface area contributed by atoms with Gasteiger partial charge in [0, 0.05) is 48.7 Å². The molecule has 1 saturated heterocycles. The summed E-state index contributed by atoms with van der Waals surface area (Å²) in [6.07, 6.45) is 0. The molecule has 35 heavy (non-hydrogen) atoms. The lowest BCUT2D eigenvalue weighted by Gasteiger charge is -2.37. The maximum atomic E-state index is 12.6. The van der Waals surface area contributed by atoms with E-state index in [1.807, 2.05) is 36.4 Å². The molecular formula is C26H29N5O4. The van der Waals surface area contributed by atoms with Crippen LogP contribution in [0.15, 0.2) is 48.5 Å². The number of nitrogens with one attached hydrogen (secondary N) is 2. The topological polar surface area (TPSA) is 131 Å². The number of hydrogen-bond donors (Lipinski definition) is 5. The van der Waals surface area contributed by atoms with E-state index in [2.05, 4.69) is 33.9 Å². The minimum Gasteiger partial charge on any atom is -0.399 e. The standard InChI is InChI=1S/C26H29N5O4/c1-26(2,34)23(24(32)29-35)28-25(33)31-17-15-30(16-18-31)22-13-9-20(10-14-22)6-4-3-5-19-7-11-21(27)12-8-19/h7-14,23,34-35H,15-18,27H2,1-2H3,(H,28,33)(H,29,32)/t23-/m1/s1. The van der Waals surface area contributed by atoms with Gasteiger partial charge in [0.05, 0.1) is 5.60 Å². The largest absolute Gasteiger partial charge is 0.399 e. The summed E-state index contributed by atoms with van der Waals surface area (Å²) in [7, 11) is 0. The first kappa shape index (κ1) is 25.4. The van der Waals surface area contributed by atoms with Gasteiger partial charge in [-0.05, 0) is 74.2 Å². The van der Waals surface area contributed by atoms with E-state index in [0.717, 1.165) is 16.8 Å². The molecule has 3 amide bonds. The van der Waals surface area contributed by atoms with Crippen LogP contribution in [0.2, 0.25) is 0 Å². The molecule has 1 aliphatic rings. The number of benzene rings is 2. The molecule has 0 saturated carbocycles. The lowest BCUT2D eigenvalue weighted by Crippen LogP contribution is -2.61. The molecule has 2 aromatic carbocycles.